The third-order valence-corrected chi connectivity index (χ3v) is 3.44. The van der Waals surface area contributed by atoms with Gasteiger partial charge in [-0.05, 0) is 23.8 Å². The lowest BCUT2D eigenvalue weighted by Gasteiger charge is -2.08. The summed E-state index contributed by atoms with van der Waals surface area (Å²) in [6, 6.07) is 18.9. The molecule has 3 rings (SSSR count). The Bertz CT molecular complexity index is 664. The minimum Gasteiger partial charge on any atom is -0.425 e. The van der Waals surface area contributed by atoms with Gasteiger partial charge in [0, 0.05) is 0 Å². The summed E-state index contributed by atoms with van der Waals surface area (Å²) in [6.07, 6.45) is 1.61. The normalized spacial score (nSPS) is 16.9. The van der Waals surface area contributed by atoms with Crippen LogP contribution in [-0.4, -0.2) is 25.3 Å². The number of hydrogen-bond acceptors (Lipinski definition) is 4. The smallest absolute Gasteiger partial charge is 0.343 e. The minimum absolute atomic E-state index is 0.183. The third-order valence-electron chi connectivity index (χ3n) is 3.44. The van der Waals surface area contributed by atoms with Crippen LogP contribution in [0.2, 0.25) is 0 Å². The van der Waals surface area contributed by atoms with Crippen molar-refractivity contribution in [1.82, 2.24) is 0 Å². The molecule has 1 atom stereocenters. The molecule has 0 aromatic heterocycles. The molecule has 23 heavy (non-hydrogen) atoms. The molecule has 0 bridgehead atoms. The van der Waals surface area contributed by atoms with Gasteiger partial charge in [0.2, 0.25) is 0 Å². The van der Waals surface area contributed by atoms with E-state index in [1.807, 2.05) is 36.4 Å². The van der Waals surface area contributed by atoms with Crippen molar-refractivity contribution in [3.05, 3.63) is 83.6 Å². The van der Waals surface area contributed by atoms with E-state index in [2.05, 4.69) is 0 Å². The summed E-state index contributed by atoms with van der Waals surface area (Å²) in [5.41, 5.74) is 1.64. The zero-order valence-electron chi connectivity index (χ0n) is 12.7. The summed E-state index contributed by atoms with van der Waals surface area (Å²) in [7, 11) is 0. The molecule has 1 aliphatic heterocycles. The second-order valence-corrected chi connectivity index (χ2v) is 5.24. The first-order chi connectivity index (χ1) is 11.3. The molecule has 0 saturated heterocycles. The Morgan fingerprint density at radius 2 is 1.74 bits per heavy atom. The lowest BCUT2D eigenvalue weighted by molar-refractivity contribution is 0.0162. The number of hydrogen-bond donors (Lipinski definition) is 0. The molecule has 1 unspecified atom stereocenters. The highest BCUT2D eigenvalue weighted by atomic mass is 16.6. The molecule has 1 aliphatic rings. The van der Waals surface area contributed by atoms with Gasteiger partial charge in [0.15, 0.2) is 0 Å². The Balaban J connectivity index is 1.46. The maximum atomic E-state index is 12.0. The van der Waals surface area contributed by atoms with Gasteiger partial charge in [-0.25, -0.2) is 4.79 Å². The number of carbonyl (C=O) groups is 1. The lowest BCUT2D eigenvalue weighted by atomic mass is 10.2. The highest BCUT2D eigenvalue weighted by Crippen LogP contribution is 2.16. The summed E-state index contributed by atoms with van der Waals surface area (Å²) in [4.78, 5) is 12.0. The van der Waals surface area contributed by atoms with E-state index in [-0.39, 0.29) is 18.7 Å². The van der Waals surface area contributed by atoms with E-state index in [9.17, 15) is 4.79 Å². The zero-order chi connectivity index (χ0) is 15.9. The molecular weight excluding hydrogens is 292 g/mol. The van der Waals surface area contributed by atoms with Crippen LogP contribution in [0.3, 0.4) is 0 Å². The SMILES string of the molecule is O=C(OC1=CC(COCc2ccccc2)OC1)c1ccccc1. The first kappa shape index (κ1) is 15.5. The monoisotopic (exact) mass is 310 g/mol. The van der Waals surface area contributed by atoms with Gasteiger partial charge >= 0.3 is 5.97 Å². The summed E-state index contributed by atoms with van der Waals surface area (Å²) < 4.78 is 16.5. The van der Waals surface area contributed by atoms with Gasteiger partial charge in [-0.1, -0.05) is 48.5 Å². The van der Waals surface area contributed by atoms with Crippen molar-refractivity contribution >= 4 is 5.97 Å². The van der Waals surface area contributed by atoms with Crippen molar-refractivity contribution in [2.45, 2.75) is 12.7 Å². The van der Waals surface area contributed by atoms with Crippen LogP contribution < -0.4 is 0 Å². The largest absolute Gasteiger partial charge is 0.425 e. The van der Waals surface area contributed by atoms with Gasteiger partial charge in [-0.2, -0.15) is 0 Å². The second-order valence-electron chi connectivity index (χ2n) is 5.24. The van der Waals surface area contributed by atoms with E-state index >= 15 is 0 Å². The predicted molar refractivity (Wildman–Crippen MR) is 85.8 cm³/mol. The number of benzene rings is 2. The molecule has 1 heterocycles. The molecule has 2 aromatic rings. The van der Waals surface area contributed by atoms with Crippen LogP contribution in [0.25, 0.3) is 0 Å². The van der Waals surface area contributed by atoms with Gasteiger partial charge in [0.25, 0.3) is 0 Å². The number of rotatable bonds is 6. The van der Waals surface area contributed by atoms with Crippen LogP contribution in [0.1, 0.15) is 15.9 Å². The standard InChI is InChI=1S/C19H18O4/c20-19(16-9-5-2-6-10-16)23-18-11-17(22-14-18)13-21-12-15-7-3-1-4-8-15/h1-11,17H,12-14H2. The lowest BCUT2D eigenvalue weighted by Crippen LogP contribution is -2.13. The Hall–Kier alpha value is -2.43. The molecule has 0 N–H and O–H groups in total. The van der Waals surface area contributed by atoms with E-state index < -0.39 is 0 Å². The van der Waals surface area contributed by atoms with Crippen molar-refractivity contribution in [3.63, 3.8) is 0 Å². The first-order valence-corrected chi connectivity index (χ1v) is 7.52. The molecule has 0 aliphatic carbocycles. The van der Waals surface area contributed by atoms with Crippen LogP contribution in [0.5, 0.6) is 0 Å². The zero-order valence-corrected chi connectivity index (χ0v) is 12.7. The molecule has 4 nitrogen and oxygen atoms in total. The molecule has 0 spiro atoms. The third kappa shape index (κ3) is 4.52. The fraction of sp³-hybridized carbons (Fsp3) is 0.211. The minimum atomic E-state index is -0.369. The van der Waals surface area contributed by atoms with Crippen LogP contribution in [0, 0.1) is 0 Å². The molecule has 118 valence electrons. The maximum absolute atomic E-state index is 12.0. The van der Waals surface area contributed by atoms with E-state index in [0.29, 0.717) is 24.5 Å². The van der Waals surface area contributed by atoms with Crippen molar-refractivity contribution < 1.29 is 19.0 Å². The molecule has 2 aromatic carbocycles. The van der Waals surface area contributed by atoms with Gasteiger partial charge < -0.3 is 14.2 Å². The molecular formula is C19H18O4. The van der Waals surface area contributed by atoms with Crippen molar-refractivity contribution in [3.8, 4) is 0 Å². The summed E-state index contributed by atoms with van der Waals surface area (Å²) in [5, 5.41) is 0. The van der Waals surface area contributed by atoms with Crippen molar-refractivity contribution in [2.75, 3.05) is 13.2 Å². The molecule has 4 heteroatoms. The Morgan fingerprint density at radius 3 is 2.48 bits per heavy atom. The van der Waals surface area contributed by atoms with Gasteiger partial charge in [0.05, 0.1) is 18.8 Å². The van der Waals surface area contributed by atoms with Crippen LogP contribution in [-0.2, 0) is 20.8 Å². The molecule has 0 radical (unpaired) electrons. The van der Waals surface area contributed by atoms with E-state index in [0.717, 1.165) is 5.56 Å². The van der Waals surface area contributed by atoms with Gasteiger partial charge in [-0.15, -0.1) is 0 Å². The summed E-state index contributed by atoms with van der Waals surface area (Å²) in [6.45, 7) is 1.26. The fourth-order valence-corrected chi connectivity index (χ4v) is 2.27. The van der Waals surface area contributed by atoms with E-state index in [1.54, 1.807) is 30.3 Å². The van der Waals surface area contributed by atoms with Crippen molar-refractivity contribution in [2.24, 2.45) is 0 Å². The molecule has 0 saturated carbocycles. The topological polar surface area (TPSA) is 44.8 Å². The van der Waals surface area contributed by atoms with Crippen molar-refractivity contribution in [1.29, 1.82) is 0 Å². The Kier molecular flexibility index (Phi) is 5.19. The van der Waals surface area contributed by atoms with Gasteiger partial charge in [0.1, 0.15) is 18.5 Å². The fourth-order valence-electron chi connectivity index (χ4n) is 2.27. The molecule has 0 fully saturated rings. The quantitative estimate of drug-likeness (QED) is 0.768. The highest BCUT2D eigenvalue weighted by Gasteiger charge is 2.20. The second kappa shape index (κ2) is 7.72. The van der Waals surface area contributed by atoms with E-state index in [4.69, 9.17) is 14.2 Å². The highest BCUT2D eigenvalue weighted by molar-refractivity contribution is 5.90. The van der Waals surface area contributed by atoms with Gasteiger partial charge in [-0.3, -0.25) is 0 Å². The Labute approximate surface area is 135 Å². The van der Waals surface area contributed by atoms with Crippen LogP contribution in [0.15, 0.2) is 72.5 Å². The number of esters is 1. The number of ether oxygens (including phenoxy) is 3. The van der Waals surface area contributed by atoms with E-state index in [1.165, 1.54) is 0 Å². The summed E-state index contributed by atoms with van der Waals surface area (Å²) in [5.74, 6) is 0.165. The Morgan fingerprint density at radius 1 is 1.04 bits per heavy atom. The average molecular weight is 310 g/mol. The average Bonchev–Trinajstić information content (AvgIpc) is 3.04. The maximum Gasteiger partial charge on any atom is 0.343 e. The van der Waals surface area contributed by atoms with Crippen LogP contribution in [0.4, 0.5) is 0 Å². The molecule has 0 amide bonds. The van der Waals surface area contributed by atoms with Crippen LogP contribution >= 0.6 is 0 Å². The first-order valence-electron chi connectivity index (χ1n) is 7.52. The predicted octanol–water partition coefficient (Wildman–Crippen LogP) is 3.34. The number of carbonyl (C=O) groups excluding carboxylic acids is 1. The summed E-state index contributed by atoms with van der Waals surface area (Å²) >= 11 is 0.